The van der Waals surface area contributed by atoms with Gasteiger partial charge in [0, 0.05) is 23.9 Å². The molecular formula is C17H21NO. The number of aryl methyl sites for hydroxylation is 1. The number of unbranched alkanes of at least 4 members (excludes halogenated alkanes) is 2. The number of aromatic nitrogens is 1. The molecule has 0 spiro atoms. The van der Waals surface area contributed by atoms with Crippen molar-refractivity contribution in [2.24, 2.45) is 0 Å². The van der Waals surface area contributed by atoms with Crippen LogP contribution in [0.3, 0.4) is 0 Å². The molecule has 2 aromatic rings. The molecule has 0 amide bonds. The van der Waals surface area contributed by atoms with Crippen LogP contribution >= 0.6 is 0 Å². The molecule has 1 aromatic carbocycles. The van der Waals surface area contributed by atoms with Gasteiger partial charge in [-0.15, -0.1) is 0 Å². The summed E-state index contributed by atoms with van der Waals surface area (Å²) in [6, 6.07) is 8.10. The minimum Gasteiger partial charge on any atom is -0.618 e. The zero-order valence-corrected chi connectivity index (χ0v) is 11.9. The quantitative estimate of drug-likeness (QED) is 0.455. The maximum atomic E-state index is 12.3. The zero-order valence-electron chi connectivity index (χ0n) is 11.9. The molecule has 2 nitrogen and oxygen atoms in total. The van der Waals surface area contributed by atoms with Crippen molar-refractivity contribution in [1.29, 1.82) is 0 Å². The van der Waals surface area contributed by atoms with Gasteiger partial charge in [0.05, 0.1) is 0 Å². The molecule has 100 valence electrons. The fourth-order valence-electron chi connectivity index (χ4n) is 2.22. The first-order chi connectivity index (χ1) is 9.13. The lowest BCUT2D eigenvalue weighted by molar-refractivity contribution is -0.584. The summed E-state index contributed by atoms with van der Waals surface area (Å²) in [4.78, 5) is 0. The molecule has 1 heterocycles. The van der Waals surface area contributed by atoms with Crippen molar-refractivity contribution >= 4 is 17.0 Å². The number of hydrogen-bond donors (Lipinski definition) is 0. The topological polar surface area (TPSA) is 26.9 Å². The van der Waals surface area contributed by atoms with Gasteiger partial charge in [-0.05, 0) is 31.0 Å². The van der Waals surface area contributed by atoms with Gasteiger partial charge < -0.3 is 5.21 Å². The molecule has 0 atom stereocenters. The molecule has 0 unspecified atom stereocenters. The van der Waals surface area contributed by atoms with Gasteiger partial charge in [0.25, 0.3) is 0 Å². The maximum absolute atomic E-state index is 12.3. The van der Waals surface area contributed by atoms with E-state index in [4.69, 9.17) is 0 Å². The standard InChI is InChI=1S/C17H21NO/c1-4-5-6-7-8-15-12-16-10-9-13(2)11-17(16)18(19)14(15)3/h7-12H,4-6H2,1-3H3. The molecule has 1 aromatic heterocycles. The average molecular weight is 255 g/mol. The van der Waals surface area contributed by atoms with Crippen molar-refractivity contribution in [2.75, 3.05) is 0 Å². The van der Waals surface area contributed by atoms with Crippen LogP contribution in [0, 0.1) is 19.1 Å². The van der Waals surface area contributed by atoms with E-state index in [2.05, 4.69) is 25.1 Å². The van der Waals surface area contributed by atoms with Crippen LogP contribution < -0.4 is 4.73 Å². The van der Waals surface area contributed by atoms with Gasteiger partial charge >= 0.3 is 0 Å². The van der Waals surface area contributed by atoms with Crippen molar-refractivity contribution in [3.63, 3.8) is 0 Å². The number of hydrogen-bond acceptors (Lipinski definition) is 1. The predicted molar refractivity (Wildman–Crippen MR) is 80.9 cm³/mol. The van der Waals surface area contributed by atoms with Crippen molar-refractivity contribution in [1.82, 2.24) is 0 Å². The lowest BCUT2D eigenvalue weighted by Gasteiger charge is -2.08. The highest BCUT2D eigenvalue weighted by molar-refractivity contribution is 5.79. The van der Waals surface area contributed by atoms with Crippen LogP contribution in [0.4, 0.5) is 0 Å². The first-order valence-electron chi connectivity index (χ1n) is 6.93. The Morgan fingerprint density at radius 3 is 2.74 bits per heavy atom. The van der Waals surface area contributed by atoms with E-state index in [1.54, 1.807) is 0 Å². The van der Waals surface area contributed by atoms with Gasteiger partial charge in [0.15, 0.2) is 5.69 Å². The summed E-state index contributed by atoms with van der Waals surface area (Å²) < 4.78 is 1.04. The Bertz CT molecular complexity index is 614. The fourth-order valence-corrected chi connectivity index (χ4v) is 2.22. The van der Waals surface area contributed by atoms with Crippen LogP contribution in [0.15, 0.2) is 30.3 Å². The first kappa shape index (κ1) is 13.6. The Labute approximate surface area is 115 Å². The smallest absolute Gasteiger partial charge is 0.224 e. The van der Waals surface area contributed by atoms with Crippen LogP contribution in [0.1, 0.15) is 43.0 Å². The molecule has 0 aliphatic heterocycles. The summed E-state index contributed by atoms with van der Waals surface area (Å²) in [5.74, 6) is 0. The van der Waals surface area contributed by atoms with E-state index in [1.165, 1.54) is 12.8 Å². The van der Waals surface area contributed by atoms with E-state index in [9.17, 15) is 5.21 Å². The third-order valence-corrected chi connectivity index (χ3v) is 3.46. The summed E-state index contributed by atoms with van der Waals surface area (Å²) >= 11 is 0. The van der Waals surface area contributed by atoms with Crippen LogP contribution in [-0.2, 0) is 0 Å². The molecule has 0 aliphatic rings. The Morgan fingerprint density at radius 1 is 1.21 bits per heavy atom. The molecule has 0 fully saturated rings. The Morgan fingerprint density at radius 2 is 2.00 bits per heavy atom. The van der Waals surface area contributed by atoms with E-state index in [0.717, 1.165) is 38.9 Å². The van der Waals surface area contributed by atoms with Crippen LogP contribution in [-0.4, -0.2) is 0 Å². The second-order valence-electron chi connectivity index (χ2n) is 5.09. The van der Waals surface area contributed by atoms with Gasteiger partial charge in [-0.3, -0.25) is 0 Å². The molecule has 19 heavy (non-hydrogen) atoms. The summed E-state index contributed by atoms with van der Waals surface area (Å²) in [7, 11) is 0. The second kappa shape index (κ2) is 5.87. The van der Waals surface area contributed by atoms with Crippen molar-refractivity contribution in [3.05, 3.63) is 52.4 Å². The first-order valence-corrected chi connectivity index (χ1v) is 6.93. The number of rotatable bonds is 4. The molecular weight excluding hydrogens is 234 g/mol. The average Bonchev–Trinajstić information content (AvgIpc) is 2.41. The molecule has 2 rings (SSSR count). The summed E-state index contributed by atoms with van der Waals surface area (Å²) in [6.07, 6.45) is 7.69. The monoisotopic (exact) mass is 255 g/mol. The van der Waals surface area contributed by atoms with Gasteiger partial charge in [-0.25, -0.2) is 0 Å². The lowest BCUT2D eigenvalue weighted by Crippen LogP contribution is -2.31. The predicted octanol–water partition coefficient (Wildman–Crippen LogP) is 4.29. The zero-order chi connectivity index (χ0) is 13.8. The van der Waals surface area contributed by atoms with Crippen LogP contribution in [0.5, 0.6) is 0 Å². The Balaban J connectivity index is 2.43. The Kier molecular flexibility index (Phi) is 4.20. The van der Waals surface area contributed by atoms with E-state index in [0.29, 0.717) is 0 Å². The normalized spacial score (nSPS) is 11.5. The summed E-state index contributed by atoms with van der Waals surface area (Å²) in [6.45, 7) is 6.07. The van der Waals surface area contributed by atoms with Crippen LogP contribution in [0.2, 0.25) is 0 Å². The summed E-state index contributed by atoms with van der Waals surface area (Å²) in [5, 5.41) is 13.3. The van der Waals surface area contributed by atoms with Gasteiger partial charge in [0.1, 0.15) is 0 Å². The van der Waals surface area contributed by atoms with Crippen molar-refractivity contribution < 1.29 is 4.73 Å². The van der Waals surface area contributed by atoms with Crippen molar-refractivity contribution in [3.8, 4) is 0 Å². The number of pyridine rings is 1. The molecule has 0 saturated carbocycles. The molecule has 0 saturated heterocycles. The maximum Gasteiger partial charge on any atom is 0.224 e. The number of benzene rings is 1. The van der Waals surface area contributed by atoms with Gasteiger partial charge in [0.2, 0.25) is 5.52 Å². The largest absolute Gasteiger partial charge is 0.618 e. The molecule has 0 bridgehead atoms. The number of nitrogens with zero attached hydrogens (tertiary/aromatic N) is 1. The number of fused-ring (bicyclic) bond motifs is 1. The molecule has 0 N–H and O–H groups in total. The highest BCUT2D eigenvalue weighted by atomic mass is 16.5. The lowest BCUT2D eigenvalue weighted by atomic mass is 10.1. The van der Waals surface area contributed by atoms with E-state index in [-0.39, 0.29) is 0 Å². The third kappa shape index (κ3) is 2.95. The van der Waals surface area contributed by atoms with Crippen molar-refractivity contribution in [2.45, 2.75) is 40.0 Å². The van der Waals surface area contributed by atoms with E-state index >= 15 is 0 Å². The summed E-state index contributed by atoms with van der Waals surface area (Å²) in [5.41, 5.74) is 3.65. The highest BCUT2D eigenvalue weighted by Crippen LogP contribution is 2.17. The minimum absolute atomic E-state index is 0.753. The van der Waals surface area contributed by atoms with Gasteiger partial charge in [-0.2, -0.15) is 4.73 Å². The Hall–Kier alpha value is -1.83. The number of allylic oxidation sites excluding steroid dienone is 1. The molecule has 0 radical (unpaired) electrons. The highest BCUT2D eigenvalue weighted by Gasteiger charge is 2.11. The third-order valence-electron chi connectivity index (χ3n) is 3.46. The van der Waals surface area contributed by atoms with Gasteiger partial charge in [-0.1, -0.05) is 38.0 Å². The minimum atomic E-state index is 0.753. The second-order valence-corrected chi connectivity index (χ2v) is 5.09. The SMILES string of the molecule is CCCCC=Cc1cc2ccc(C)cc2[n+]([O-])c1C. The van der Waals surface area contributed by atoms with Crippen LogP contribution in [0.25, 0.3) is 17.0 Å². The molecule has 0 aliphatic carbocycles. The van der Waals surface area contributed by atoms with E-state index < -0.39 is 0 Å². The van der Waals surface area contributed by atoms with E-state index in [1.807, 2.05) is 32.0 Å². The fraction of sp³-hybridized carbons (Fsp3) is 0.353. The molecule has 2 heteroatoms.